The maximum absolute atomic E-state index is 10.4. The van der Waals surface area contributed by atoms with Gasteiger partial charge in [0.15, 0.2) is 0 Å². The van der Waals surface area contributed by atoms with Crippen molar-refractivity contribution >= 4 is 10.8 Å². The van der Waals surface area contributed by atoms with Gasteiger partial charge in [-0.15, -0.1) is 0 Å². The molecule has 0 amide bonds. The SMILES string of the molecule is C[C@H](NCC(O)C(N)Cc1ccccc1)c1cccc2ccccc12. The van der Waals surface area contributed by atoms with Gasteiger partial charge >= 0.3 is 0 Å². The van der Waals surface area contributed by atoms with Crippen LogP contribution in [-0.2, 0) is 6.42 Å². The largest absolute Gasteiger partial charge is 0.390 e. The predicted octanol–water partition coefficient (Wildman–Crippen LogP) is 3.42. The van der Waals surface area contributed by atoms with Gasteiger partial charge in [0.25, 0.3) is 0 Å². The normalized spacial score (nSPS) is 15.0. The Kier molecular flexibility index (Phi) is 5.82. The summed E-state index contributed by atoms with van der Waals surface area (Å²) in [5, 5.41) is 16.3. The second kappa shape index (κ2) is 8.26. The number of benzene rings is 3. The van der Waals surface area contributed by atoms with Gasteiger partial charge in [0.2, 0.25) is 0 Å². The van der Waals surface area contributed by atoms with E-state index in [0.717, 1.165) is 5.56 Å². The average molecular weight is 334 g/mol. The van der Waals surface area contributed by atoms with Gasteiger partial charge in [-0.25, -0.2) is 0 Å². The molecule has 0 saturated heterocycles. The Labute approximate surface area is 149 Å². The lowest BCUT2D eigenvalue weighted by Crippen LogP contribution is -2.43. The van der Waals surface area contributed by atoms with Crippen molar-refractivity contribution in [1.29, 1.82) is 0 Å². The Balaban J connectivity index is 1.60. The van der Waals surface area contributed by atoms with E-state index in [1.54, 1.807) is 0 Å². The minimum Gasteiger partial charge on any atom is -0.390 e. The summed E-state index contributed by atoms with van der Waals surface area (Å²) in [6.45, 7) is 2.59. The maximum Gasteiger partial charge on any atom is 0.0818 e. The van der Waals surface area contributed by atoms with E-state index in [4.69, 9.17) is 5.73 Å². The number of aliphatic hydroxyl groups excluding tert-OH is 1. The van der Waals surface area contributed by atoms with Gasteiger partial charge in [0.1, 0.15) is 0 Å². The highest BCUT2D eigenvalue weighted by atomic mass is 16.3. The van der Waals surface area contributed by atoms with Crippen LogP contribution in [0, 0.1) is 0 Å². The molecule has 2 unspecified atom stereocenters. The van der Waals surface area contributed by atoms with Crippen molar-refractivity contribution in [2.24, 2.45) is 5.73 Å². The zero-order valence-corrected chi connectivity index (χ0v) is 14.6. The molecule has 0 fully saturated rings. The molecule has 4 N–H and O–H groups in total. The van der Waals surface area contributed by atoms with Crippen LogP contribution >= 0.6 is 0 Å². The Morgan fingerprint density at radius 2 is 1.60 bits per heavy atom. The summed E-state index contributed by atoms with van der Waals surface area (Å²) in [5.41, 5.74) is 8.56. The first kappa shape index (κ1) is 17.6. The van der Waals surface area contributed by atoms with E-state index in [-0.39, 0.29) is 12.1 Å². The first-order chi connectivity index (χ1) is 12.1. The van der Waals surface area contributed by atoms with E-state index < -0.39 is 6.10 Å². The first-order valence-electron chi connectivity index (χ1n) is 8.84. The second-order valence-electron chi connectivity index (χ2n) is 6.62. The van der Waals surface area contributed by atoms with Crippen LogP contribution in [0.2, 0.25) is 0 Å². The molecular weight excluding hydrogens is 308 g/mol. The van der Waals surface area contributed by atoms with E-state index in [0.29, 0.717) is 13.0 Å². The summed E-state index contributed by atoms with van der Waals surface area (Å²) in [6, 6.07) is 24.6. The third-order valence-electron chi connectivity index (χ3n) is 4.73. The minimum atomic E-state index is -0.586. The number of aliphatic hydroxyl groups is 1. The van der Waals surface area contributed by atoms with Crippen molar-refractivity contribution in [2.75, 3.05) is 6.54 Å². The number of fused-ring (bicyclic) bond motifs is 1. The number of hydrogen-bond acceptors (Lipinski definition) is 3. The zero-order valence-electron chi connectivity index (χ0n) is 14.6. The number of hydrogen-bond donors (Lipinski definition) is 3. The van der Waals surface area contributed by atoms with E-state index in [1.165, 1.54) is 16.3 Å². The molecule has 25 heavy (non-hydrogen) atoms. The molecule has 0 aromatic heterocycles. The minimum absolute atomic E-state index is 0.143. The van der Waals surface area contributed by atoms with Crippen LogP contribution in [0.4, 0.5) is 0 Å². The van der Waals surface area contributed by atoms with Crippen molar-refractivity contribution < 1.29 is 5.11 Å². The first-order valence-corrected chi connectivity index (χ1v) is 8.84. The summed E-state index contributed by atoms with van der Waals surface area (Å²) in [6.07, 6.45) is 0.0874. The van der Waals surface area contributed by atoms with E-state index >= 15 is 0 Å². The average Bonchev–Trinajstić information content (AvgIpc) is 2.66. The van der Waals surface area contributed by atoms with E-state index in [2.05, 4.69) is 54.7 Å². The van der Waals surface area contributed by atoms with Gasteiger partial charge in [-0.3, -0.25) is 0 Å². The van der Waals surface area contributed by atoms with Crippen LogP contribution in [0.25, 0.3) is 10.8 Å². The van der Waals surface area contributed by atoms with Crippen LogP contribution in [0.15, 0.2) is 72.8 Å². The fraction of sp³-hybridized carbons (Fsp3) is 0.273. The topological polar surface area (TPSA) is 58.3 Å². The lowest BCUT2D eigenvalue weighted by Gasteiger charge is -2.23. The molecule has 0 radical (unpaired) electrons. The number of nitrogens with two attached hydrogens (primary N) is 1. The molecule has 0 aliphatic carbocycles. The molecule has 0 aliphatic heterocycles. The number of rotatable bonds is 7. The Bertz CT molecular complexity index is 798. The van der Waals surface area contributed by atoms with Gasteiger partial charge < -0.3 is 16.2 Å². The smallest absolute Gasteiger partial charge is 0.0818 e. The van der Waals surface area contributed by atoms with Gasteiger partial charge in [0.05, 0.1) is 6.10 Å². The zero-order chi connectivity index (χ0) is 17.6. The quantitative estimate of drug-likeness (QED) is 0.620. The highest BCUT2D eigenvalue weighted by Gasteiger charge is 2.17. The van der Waals surface area contributed by atoms with Crippen molar-refractivity contribution in [3.05, 3.63) is 83.9 Å². The maximum atomic E-state index is 10.4. The van der Waals surface area contributed by atoms with Crippen molar-refractivity contribution in [3.8, 4) is 0 Å². The standard InChI is InChI=1S/C22H26N2O/c1-16(19-13-7-11-18-10-5-6-12-20(18)19)24-15-22(25)21(23)14-17-8-3-2-4-9-17/h2-13,16,21-22,24-25H,14-15,23H2,1H3/t16-,21?,22?/m0/s1. The molecule has 3 aromatic rings. The lowest BCUT2D eigenvalue weighted by molar-refractivity contribution is 0.138. The van der Waals surface area contributed by atoms with Crippen LogP contribution in [0.5, 0.6) is 0 Å². The van der Waals surface area contributed by atoms with E-state index in [1.807, 2.05) is 30.3 Å². The molecule has 130 valence electrons. The van der Waals surface area contributed by atoms with E-state index in [9.17, 15) is 5.11 Å². The molecule has 3 heteroatoms. The van der Waals surface area contributed by atoms with Gasteiger partial charge in [-0.2, -0.15) is 0 Å². The van der Waals surface area contributed by atoms with Crippen molar-refractivity contribution in [2.45, 2.75) is 31.5 Å². The molecule has 3 rings (SSSR count). The predicted molar refractivity (Wildman–Crippen MR) is 104 cm³/mol. The molecule has 0 heterocycles. The Morgan fingerprint density at radius 3 is 2.40 bits per heavy atom. The molecular formula is C22H26N2O. The summed E-state index contributed by atoms with van der Waals surface area (Å²) in [7, 11) is 0. The monoisotopic (exact) mass is 334 g/mol. The second-order valence-corrected chi connectivity index (χ2v) is 6.62. The highest BCUT2D eigenvalue weighted by molar-refractivity contribution is 5.86. The van der Waals surface area contributed by atoms with Crippen LogP contribution in [-0.4, -0.2) is 23.8 Å². The van der Waals surface area contributed by atoms with Gasteiger partial charge in [0, 0.05) is 18.6 Å². The van der Waals surface area contributed by atoms with Crippen molar-refractivity contribution in [3.63, 3.8) is 0 Å². The summed E-state index contributed by atoms with van der Waals surface area (Å²) in [4.78, 5) is 0. The Morgan fingerprint density at radius 1 is 0.920 bits per heavy atom. The fourth-order valence-corrected chi connectivity index (χ4v) is 3.21. The molecule has 0 saturated carbocycles. The fourth-order valence-electron chi connectivity index (χ4n) is 3.21. The third kappa shape index (κ3) is 4.45. The molecule has 0 aliphatic rings. The van der Waals surface area contributed by atoms with Gasteiger partial charge in [-0.05, 0) is 35.2 Å². The molecule has 3 atom stereocenters. The summed E-state index contributed by atoms with van der Waals surface area (Å²) >= 11 is 0. The van der Waals surface area contributed by atoms with Crippen LogP contribution < -0.4 is 11.1 Å². The highest BCUT2D eigenvalue weighted by Crippen LogP contribution is 2.24. The lowest BCUT2D eigenvalue weighted by atomic mass is 9.98. The molecule has 3 nitrogen and oxygen atoms in total. The van der Waals surface area contributed by atoms with Crippen LogP contribution in [0.3, 0.4) is 0 Å². The van der Waals surface area contributed by atoms with Crippen molar-refractivity contribution in [1.82, 2.24) is 5.32 Å². The molecule has 0 spiro atoms. The Hall–Kier alpha value is -2.20. The summed E-state index contributed by atoms with van der Waals surface area (Å²) < 4.78 is 0. The molecule has 3 aromatic carbocycles. The van der Waals surface area contributed by atoms with Gasteiger partial charge in [-0.1, -0.05) is 72.8 Å². The number of nitrogens with one attached hydrogen (secondary N) is 1. The van der Waals surface area contributed by atoms with Crippen LogP contribution in [0.1, 0.15) is 24.1 Å². The third-order valence-corrected chi connectivity index (χ3v) is 4.73. The molecule has 0 bridgehead atoms. The summed E-state index contributed by atoms with van der Waals surface area (Å²) in [5.74, 6) is 0.